The smallest absolute Gasteiger partial charge is 0.338 e. The summed E-state index contributed by atoms with van der Waals surface area (Å²) in [5.74, 6) is -2.61. The van der Waals surface area contributed by atoms with Crippen molar-refractivity contribution in [3.05, 3.63) is 77.0 Å². The van der Waals surface area contributed by atoms with Crippen molar-refractivity contribution in [2.24, 2.45) is 4.99 Å². The first-order valence-electron chi connectivity index (χ1n) is 11.4. The minimum Gasteiger partial charge on any atom is -0.463 e. The Morgan fingerprint density at radius 2 is 1.81 bits per heavy atom. The van der Waals surface area contributed by atoms with Crippen molar-refractivity contribution >= 4 is 45.6 Å². The highest BCUT2D eigenvalue weighted by atomic mass is 32.2. The van der Waals surface area contributed by atoms with Gasteiger partial charge in [0.2, 0.25) is 11.0 Å². The van der Waals surface area contributed by atoms with Crippen LogP contribution in [0.25, 0.3) is 0 Å². The molecule has 0 spiro atoms. The van der Waals surface area contributed by atoms with Gasteiger partial charge in [-0.15, -0.1) is 0 Å². The Kier molecular flexibility index (Phi) is 6.13. The van der Waals surface area contributed by atoms with Crippen molar-refractivity contribution < 1.29 is 28.8 Å². The highest BCUT2D eigenvalue weighted by Crippen LogP contribution is 2.49. The van der Waals surface area contributed by atoms with Crippen molar-refractivity contribution in [3.63, 3.8) is 0 Å². The van der Waals surface area contributed by atoms with E-state index in [0.29, 0.717) is 16.8 Å². The number of nitrogens with zero attached hydrogens (tertiary/aromatic N) is 3. The maximum Gasteiger partial charge on any atom is 0.338 e. The van der Waals surface area contributed by atoms with E-state index in [4.69, 9.17) is 9.57 Å². The molecule has 36 heavy (non-hydrogen) atoms. The first-order valence-corrected chi connectivity index (χ1v) is 12.3. The second-order valence-electron chi connectivity index (χ2n) is 8.55. The number of hydrogen-bond acceptors (Lipinski definition) is 9. The van der Waals surface area contributed by atoms with E-state index in [9.17, 15) is 19.2 Å². The largest absolute Gasteiger partial charge is 0.463 e. The molecule has 10 heteroatoms. The van der Waals surface area contributed by atoms with E-state index >= 15 is 0 Å². The standard InChI is InChI=1S/C26H23N3O6S/c1-4-34-24(32)18-13-27-26-28(21(18)16-11-9-14(2)10-12-16)23(31)20-17-7-5-6-8-19(17)29(35-15(3)30)22(20)25(33)36-26/h5-13,20-22H,4H2,1-3H3. The molecule has 0 aliphatic carbocycles. The Hall–Kier alpha value is -3.92. The summed E-state index contributed by atoms with van der Waals surface area (Å²) in [7, 11) is 0. The van der Waals surface area contributed by atoms with Gasteiger partial charge in [-0.3, -0.25) is 19.3 Å². The Balaban J connectivity index is 1.66. The molecule has 1 fully saturated rings. The van der Waals surface area contributed by atoms with Crippen molar-refractivity contribution in [2.75, 3.05) is 11.7 Å². The zero-order valence-corrected chi connectivity index (χ0v) is 20.7. The molecule has 1 amide bonds. The fourth-order valence-electron chi connectivity index (χ4n) is 4.71. The van der Waals surface area contributed by atoms with Crippen LogP contribution in [0.5, 0.6) is 0 Å². The molecule has 3 heterocycles. The van der Waals surface area contributed by atoms with E-state index < -0.39 is 41.0 Å². The lowest BCUT2D eigenvalue weighted by atomic mass is 9.90. The average molecular weight is 506 g/mol. The molecule has 0 bridgehead atoms. The molecule has 3 unspecified atom stereocenters. The van der Waals surface area contributed by atoms with Gasteiger partial charge in [-0.05, 0) is 42.8 Å². The highest BCUT2D eigenvalue weighted by molar-refractivity contribution is 8.26. The van der Waals surface area contributed by atoms with Crippen LogP contribution in [-0.2, 0) is 28.8 Å². The van der Waals surface area contributed by atoms with Crippen LogP contribution in [0.1, 0.15) is 42.5 Å². The number of aliphatic imine (C=N–C) groups is 1. The summed E-state index contributed by atoms with van der Waals surface area (Å²) in [6.45, 7) is 5.04. The molecule has 0 saturated carbocycles. The summed E-state index contributed by atoms with van der Waals surface area (Å²) in [5.41, 5.74) is 2.90. The number of rotatable bonds is 4. The molecule has 0 radical (unpaired) electrons. The van der Waals surface area contributed by atoms with E-state index in [-0.39, 0.29) is 17.3 Å². The van der Waals surface area contributed by atoms with Gasteiger partial charge < -0.3 is 9.57 Å². The lowest BCUT2D eigenvalue weighted by molar-refractivity contribution is -0.145. The van der Waals surface area contributed by atoms with Gasteiger partial charge in [0.15, 0.2) is 11.2 Å². The van der Waals surface area contributed by atoms with Crippen molar-refractivity contribution in [1.29, 1.82) is 0 Å². The first-order chi connectivity index (χ1) is 17.3. The van der Waals surface area contributed by atoms with Crippen LogP contribution in [0.2, 0.25) is 0 Å². The Morgan fingerprint density at radius 3 is 2.50 bits per heavy atom. The zero-order valence-electron chi connectivity index (χ0n) is 19.8. The number of amides is 1. The van der Waals surface area contributed by atoms with Crippen LogP contribution < -0.4 is 5.06 Å². The number of hydroxylamine groups is 1. The van der Waals surface area contributed by atoms with Gasteiger partial charge in [0.05, 0.1) is 29.8 Å². The molecule has 184 valence electrons. The molecule has 2 aromatic carbocycles. The monoisotopic (exact) mass is 505 g/mol. The van der Waals surface area contributed by atoms with Gasteiger partial charge in [-0.25, -0.2) is 9.79 Å². The number of hydrogen-bond donors (Lipinski definition) is 0. The summed E-state index contributed by atoms with van der Waals surface area (Å²) < 4.78 is 5.27. The summed E-state index contributed by atoms with van der Waals surface area (Å²) in [6, 6.07) is 12.5. The van der Waals surface area contributed by atoms with Gasteiger partial charge >= 0.3 is 11.9 Å². The van der Waals surface area contributed by atoms with Gasteiger partial charge in [-0.1, -0.05) is 48.0 Å². The van der Waals surface area contributed by atoms with Crippen LogP contribution in [0.3, 0.4) is 0 Å². The Bertz CT molecular complexity index is 1340. The molecule has 5 rings (SSSR count). The second kappa shape index (κ2) is 9.27. The molecule has 3 aliphatic heterocycles. The molecule has 3 aliphatic rings. The van der Waals surface area contributed by atoms with E-state index in [1.165, 1.54) is 23.1 Å². The number of aryl methyl sites for hydroxylation is 1. The third-order valence-corrected chi connectivity index (χ3v) is 7.15. The predicted octanol–water partition coefficient (Wildman–Crippen LogP) is 3.41. The van der Waals surface area contributed by atoms with Gasteiger partial charge in [0.1, 0.15) is 0 Å². The number of para-hydroxylation sites is 1. The minimum atomic E-state index is -1.08. The predicted molar refractivity (Wildman–Crippen MR) is 133 cm³/mol. The summed E-state index contributed by atoms with van der Waals surface area (Å²) in [4.78, 5) is 63.8. The van der Waals surface area contributed by atoms with Crippen molar-refractivity contribution in [3.8, 4) is 0 Å². The van der Waals surface area contributed by atoms with Crippen molar-refractivity contribution in [1.82, 2.24) is 4.90 Å². The SMILES string of the molecule is CCOC(=O)C1=CN=C2SC(=O)C3C(C(=O)N2C1c1ccc(C)cc1)c1ccccc1N3OC(C)=O. The number of amidine groups is 1. The number of fused-ring (bicyclic) bond motifs is 4. The quantitative estimate of drug-likeness (QED) is 0.582. The van der Waals surface area contributed by atoms with Crippen LogP contribution >= 0.6 is 11.8 Å². The average Bonchev–Trinajstić information content (AvgIpc) is 3.12. The highest BCUT2D eigenvalue weighted by Gasteiger charge is 2.55. The number of ether oxygens (including phenoxy) is 1. The third-order valence-electron chi connectivity index (χ3n) is 6.22. The Morgan fingerprint density at radius 1 is 1.08 bits per heavy atom. The summed E-state index contributed by atoms with van der Waals surface area (Å²) in [5, 5.41) is 0.968. The topological polar surface area (TPSA) is 106 Å². The molecule has 2 aromatic rings. The number of esters is 1. The second-order valence-corrected chi connectivity index (χ2v) is 9.52. The molecule has 3 atom stereocenters. The molecule has 9 nitrogen and oxygen atoms in total. The minimum absolute atomic E-state index is 0.151. The number of carbonyl (C=O) groups is 4. The molecule has 0 N–H and O–H groups in total. The van der Waals surface area contributed by atoms with Gasteiger partial charge in [0, 0.05) is 13.1 Å². The first kappa shape index (κ1) is 23.8. The Labute approximate surface area is 211 Å². The number of carbonyl (C=O) groups excluding carboxylic acids is 4. The van der Waals surface area contributed by atoms with Crippen LogP contribution in [0.15, 0.2) is 65.3 Å². The van der Waals surface area contributed by atoms with Crippen molar-refractivity contribution in [2.45, 2.75) is 38.8 Å². The third kappa shape index (κ3) is 3.87. The molecular formula is C26H23N3O6S. The van der Waals surface area contributed by atoms with E-state index in [2.05, 4.69) is 4.99 Å². The van der Waals surface area contributed by atoms with Crippen LogP contribution in [0, 0.1) is 6.92 Å². The summed E-state index contributed by atoms with van der Waals surface area (Å²) in [6.07, 6.45) is 1.36. The normalized spacial score (nSPS) is 22.6. The fraction of sp³-hybridized carbons (Fsp3) is 0.269. The lowest BCUT2D eigenvalue weighted by Crippen LogP contribution is -2.46. The number of thioether (sulfide) groups is 1. The fourth-order valence-corrected chi connectivity index (χ4v) is 5.64. The maximum atomic E-state index is 14.3. The van der Waals surface area contributed by atoms with Crippen LogP contribution in [-0.4, -0.2) is 45.7 Å². The van der Waals surface area contributed by atoms with E-state index in [1.54, 1.807) is 31.2 Å². The zero-order chi connectivity index (χ0) is 25.6. The molecular weight excluding hydrogens is 482 g/mol. The van der Waals surface area contributed by atoms with Gasteiger partial charge in [0.25, 0.3) is 0 Å². The van der Waals surface area contributed by atoms with E-state index in [0.717, 1.165) is 17.3 Å². The lowest BCUT2D eigenvalue weighted by Gasteiger charge is -2.35. The summed E-state index contributed by atoms with van der Waals surface area (Å²) >= 11 is 0.788. The molecule has 0 aromatic heterocycles. The molecule has 1 saturated heterocycles. The van der Waals surface area contributed by atoms with Crippen LogP contribution in [0.4, 0.5) is 5.69 Å². The number of benzene rings is 2. The van der Waals surface area contributed by atoms with E-state index in [1.807, 2.05) is 31.2 Å². The maximum absolute atomic E-state index is 14.3. The number of anilines is 1. The van der Waals surface area contributed by atoms with Gasteiger partial charge in [-0.2, -0.15) is 5.06 Å².